The van der Waals surface area contributed by atoms with E-state index in [1.807, 2.05) is 12.1 Å². The first-order valence-electron chi connectivity index (χ1n) is 9.66. The van der Waals surface area contributed by atoms with Crippen LogP contribution in [0.2, 0.25) is 5.02 Å². The summed E-state index contributed by atoms with van der Waals surface area (Å²) >= 11 is 5.92. The molecule has 0 spiro atoms. The van der Waals surface area contributed by atoms with Crippen molar-refractivity contribution < 1.29 is 18.8 Å². The minimum Gasteiger partial charge on any atom is -0.436 e. The summed E-state index contributed by atoms with van der Waals surface area (Å²) in [5.74, 6) is 0.971. The minimum absolute atomic E-state index is 0.109. The van der Waals surface area contributed by atoms with Gasteiger partial charge < -0.3 is 14.2 Å². The zero-order valence-corrected chi connectivity index (χ0v) is 18.3. The van der Waals surface area contributed by atoms with Gasteiger partial charge in [-0.1, -0.05) is 23.7 Å². The van der Waals surface area contributed by atoms with E-state index in [9.17, 15) is 9.59 Å². The molecule has 10 heteroatoms. The number of benzene rings is 2. The van der Waals surface area contributed by atoms with Crippen LogP contribution < -0.4 is 10.1 Å². The summed E-state index contributed by atoms with van der Waals surface area (Å²) in [5.41, 5.74) is 1.51. The van der Waals surface area contributed by atoms with E-state index in [1.165, 1.54) is 16.1 Å². The molecule has 0 unspecified atom stereocenters. The van der Waals surface area contributed by atoms with Crippen LogP contribution in [0, 0.1) is 0 Å². The number of hydrogen-bond donors (Lipinski definition) is 1. The first kappa shape index (κ1) is 22.8. The highest BCUT2D eigenvalue weighted by molar-refractivity contribution is 6.30. The average Bonchev–Trinajstić information content (AvgIpc) is 3.29. The van der Waals surface area contributed by atoms with E-state index in [-0.39, 0.29) is 5.96 Å². The van der Waals surface area contributed by atoms with Crippen molar-refractivity contribution in [1.82, 2.24) is 20.3 Å². The minimum atomic E-state index is -0.409. The van der Waals surface area contributed by atoms with Crippen molar-refractivity contribution in [2.45, 2.75) is 6.42 Å². The molecule has 3 rings (SSSR count). The lowest BCUT2D eigenvalue weighted by Crippen LogP contribution is -2.47. The third kappa shape index (κ3) is 6.58. The first-order valence-corrected chi connectivity index (χ1v) is 10.0. The predicted molar refractivity (Wildman–Crippen MR) is 120 cm³/mol. The maximum Gasteiger partial charge on any atom is 0.323 e. The van der Waals surface area contributed by atoms with Crippen LogP contribution >= 0.6 is 11.6 Å². The molecule has 0 aliphatic rings. The van der Waals surface area contributed by atoms with Crippen LogP contribution in [0.1, 0.15) is 5.56 Å². The molecule has 2 aromatic carbocycles. The normalized spacial score (nSPS) is 11.0. The van der Waals surface area contributed by atoms with Crippen LogP contribution in [0.25, 0.3) is 0 Å². The molecule has 1 N–H and O–H groups in total. The number of guanidine groups is 1. The first-order chi connectivity index (χ1) is 15.4. The number of aromatic nitrogens is 1. The van der Waals surface area contributed by atoms with Crippen LogP contribution in [0.15, 0.2) is 70.4 Å². The van der Waals surface area contributed by atoms with Crippen LogP contribution in [-0.2, 0) is 11.2 Å². The zero-order chi connectivity index (χ0) is 22.9. The molecule has 0 radical (unpaired) electrons. The van der Waals surface area contributed by atoms with Crippen molar-refractivity contribution in [3.63, 3.8) is 0 Å². The van der Waals surface area contributed by atoms with Gasteiger partial charge >= 0.3 is 6.03 Å². The standard InChI is InChI=1S/C22H22ClN5O4/c1-27(2)22(30)25-21(28(15-29)13-11-16-3-5-17(23)6-4-16)24-18-7-9-19(10-8-18)32-20-12-14-31-26-20/h3-10,12,14-15H,11,13H2,1-2H3,(H,24,25,30). The fourth-order valence-electron chi connectivity index (χ4n) is 2.57. The second kappa shape index (κ2) is 11.0. The molecule has 3 aromatic rings. The molecule has 0 aliphatic heterocycles. The molecular formula is C22H22ClN5O4. The number of nitrogens with zero attached hydrogens (tertiary/aromatic N) is 4. The molecule has 0 saturated heterocycles. The Morgan fingerprint density at radius 1 is 1.16 bits per heavy atom. The largest absolute Gasteiger partial charge is 0.436 e. The molecule has 0 atom stereocenters. The smallest absolute Gasteiger partial charge is 0.323 e. The van der Waals surface area contributed by atoms with Crippen molar-refractivity contribution in [2.24, 2.45) is 4.99 Å². The number of ether oxygens (including phenoxy) is 1. The second-order valence-electron chi connectivity index (χ2n) is 6.87. The van der Waals surface area contributed by atoms with Gasteiger partial charge in [-0.3, -0.25) is 15.0 Å². The maximum absolute atomic E-state index is 12.2. The number of hydrogen-bond acceptors (Lipinski definition) is 6. The van der Waals surface area contributed by atoms with Crippen molar-refractivity contribution in [3.8, 4) is 11.6 Å². The summed E-state index contributed by atoms with van der Waals surface area (Å²) in [4.78, 5) is 31.2. The summed E-state index contributed by atoms with van der Waals surface area (Å²) in [7, 11) is 3.20. The Labute approximate surface area is 190 Å². The molecule has 0 fully saturated rings. The Kier molecular flexibility index (Phi) is 7.82. The number of amides is 3. The number of carbonyl (C=O) groups excluding carboxylic acids is 2. The molecule has 32 heavy (non-hydrogen) atoms. The monoisotopic (exact) mass is 455 g/mol. The Balaban J connectivity index is 1.77. The summed E-state index contributed by atoms with van der Waals surface area (Å²) in [5, 5.41) is 6.99. The van der Waals surface area contributed by atoms with Crippen molar-refractivity contribution in [2.75, 3.05) is 20.6 Å². The van der Waals surface area contributed by atoms with Gasteiger partial charge in [-0.25, -0.2) is 9.79 Å². The molecule has 0 saturated carbocycles. The second-order valence-corrected chi connectivity index (χ2v) is 7.31. The van der Waals surface area contributed by atoms with Crippen LogP contribution in [-0.4, -0.2) is 54.0 Å². The number of carbonyl (C=O) groups is 2. The van der Waals surface area contributed by atoms with Gasteiger partial charge in [0, 0.05) is 31.7 Å². The highest BCUT2D eigenvalue weighted by atomic mass is 35.5. The van der Waals surface area contributed by atoms with Crippen LogP contribution in [0.3, 0.4) is 0 Å². The van der Waals surface area contributed by atoms with Gasteiger partial charge in [-0.05, 0) is 53.5 Å². The van der Waals surface area contributed by atoms with E-state index in [1.54, 1.807) is 56.6 Å². The predicted octanol–water partition coefficient (Wildman–Crippen LogP) is 4.08. The van der Waals surface area contributed by atoms with E-state index >= 15 is 0 Å². The fourth-order valence-corrected chi connectivity index (χ4v) is 2.69. The highest BCUT2D eigenvalue weighted by Crippen LogP contribution is 2.23. The lowest BCUT2D eigenvalue weighted by Gasteiger charge is -2.22. The third-order valence-electron chi connectivity index (χ3n) is 4.29. The van der Waals surface area contributed by atoms with Gasteiger partial charge in [-0.15, -0.1) is 0 Å². The molecule has 0 bridgehead atoms. The molecule has 0 aliphatic carbocycles. The van der Waals surface area contributed by atoms with Crippen molar-refractivity contribution >= 4 is 35.7 Å². The summed E-state index contributed by atoms with van der Waals surface area (Å²) in [6.07, 6.45) is 2.59. The molecular weight excluding hydrogens is 434 g/mol. The molecule has 1 aromatic heterocycles. The lowest BCUT2D eigenvalue weighted by atomic mass is 10.1. The van der Waals surface area contributed by atoms with Gasteiger partial charge in [0.25, 0.3) is 5.88 Å². The number of rotatable bonds is 7. The zero-order valence-electron chi connectivity index (χ0n) is 17.6. The molecule has 9 nitrogen and oxygen atoms in total. The Bertz CT molecular complexity index is 1050. The molecule has 166 valence electrons. The van der Waals surface area contributed by atoms with Crippen molar-refractivity contribution in [1.29, 1.82) is 0 Å². The summed E-state index contributed by atoms with van der Waals surface area (Å²) in [6, 6.07) is 15.3. The van der Waals surface area contributed by atoms with Gasteiger partial charge in [0.05, 0.1) is 5.69 Å². The van der Waals surface area contributed by atoms with E-state index < -0.39 is 6.03 Å². The van der Waals surface area contributed by atoms with E-state index in [0.29, 0.717) is 41.7 Å². The van der Waals surface area contributed by atoms with Gasteiger partial charge in [0.2, 0.25) is 12.4 Å². The van der Waals surface area contributed by atoms with E-state index in [4.69, 9.17) is 20.9 Å². The number of nitrogens with one attached hydrogen (secondary N) is 1. The van der Waals surface area contributed by atoms with Crippen LogP contribution in [0.4, 0.5) is 10.5 Å². The third-order valence-corrected chi connectivity index (χ3v) is 4.54. The Hall–Kier alpha value is -3.85. The van der Waals surface area contributed by atoms with E-state index in [0.717, 1.165) is 5.56 Å². The number of urea groups is 1. The van der Waals surface area contributed by atoms with Crippen LogP contribution in [0.5, 0.6) is 11.6 Å². The Morgan fingerprint density at radius 2 is 1.88 bits per heavy atom. The van der Waals surface area contributed by atoms with E-state index in [2.05, 4.69) is 15.5 Å². The van der Waals surface area contributed by atoms with Gasteiger partial charge in [-0.2, -0.15) is 0 Å². The van der Waals surface area contributed by atoms with Gasteiger partial charge in [0.1, 0.15) is 12.0 Å². The number of halogens is 1. The average molecular weight is 456 g/mol. The maximum atomic E-state index is 12.2. The van der Waals surface area contributed by atoms with Gasteiger partial charge in [0.15, 0.2) is 0 Å². The Morgan fingerprint density at radius 3 is 2.47 bits per heavy atom. The van der Waals surface area contributed by atoms with Crippen molar-refractivity contribution in [3.05, 3.63) is 71.4 Å². The molecule has 1 heterocycles. The summed E-state index contributed by atoms with van der Waals surface area (Å²) in [6.45, 7) is 0.311. The quantitative estimate of drug-likeness (QED) is 0.328. The summed E-state index contributed by atoms with van der Waals surface area (Å²) < 4.78 is 10.3. The SMILES string of the molecule is CN(C)C(=O)NC(=Nc1ccc(Oc2ccon2)cc1)N(C=O)CCc1ccc(Cl)cc1. The molecule has 3 amide bonds. The highest BCUT2D eigenvalue weighted by Gasteiger charge is 2.16. The fraction of sp³-hybridized carbons (Fsp3) is 0.182. The lowest BCUT2D eigenvalue weighted by molar-refractivity contribution is -0.114. The topological polar surface area (TPSA) is 100 Å². The number of aliphatic imine (C=N–C) groups is 1.